The van der Waals surface area contributed by atoms with Gasteiger partial charge in [-0.25, -0.2) is 14.4 Å². The van der Waals surface area contributed by atoms with E-state index in [1.807, 2.05) is 0 Å². The molecular weight excluding hydrogens is 616 g/mol. The maximum atomic E-state index is 12.6. The molecule has 0 spiro atoms. The van der Waals surface area contributed by atoms with Crippen molar-refractivity contribution >= 4 is 23.9 Å². The number of unbranched alkanes of at least 4 members (excludes halogenated alkanes) is 6. The number of benzene rings is 3. The number of rotatable bonds is 22. The Bertz CT molecular complexity index is 1460. The largest absolute Gasteiger partial charge is 0.494 e. The average molecular weight is 659 g/mol. The summed E-state index contributed by atoms with van der Waals surface area (Å²) in [6.07, 6.45) is 9.62. The first kappa shape index (κ1) is 37.1. The first-order chi connectivity index (χ1) is 23.4. The summed E-state index contributed by atoms with van der Waals surface area (Å²) >= 11 is 0. The molecule has 10 nitrogen and oxygen atoms in total. The van der Waals surface area contributed by atoms with Gasteiger partial charge in [-0.15, -0.1) is 0 Å². The molecule has 0 saturated carbocycles. The van der Waals surface area contributed by atoms with Crippen molar-refractivity contribution in [3.63, 3.8) is 0 Å². The van der Waals surface area contributed by atoms with Crippen molar-refractivity contribution < 1.29 is 47.6 Å². The summed E-state index contributed by atoms with van der Waals surface area (Å²) in [5.41, 5.74) is 0.654. The van der Waals surface area contributed by atoms with E-state index >= 15 is 0 Å². The van der Waals surface area contributed by atoms with Crippen molar-refractivity contribution in [3.8, 4) is 23.0 Å². The van der Waals surface area contributed by atoms with Gasteiger partial charge in [-0.05, 0) is 111 Å². The topological polar surface area (TPSA) is 124 Å². The molecule has 0 amide bonds. The van der Waals surface area contributed by atoms with Gasteiger partial charge in [0.15, 0.2) is 0 Å². The van der Waals surface area contributed by atoms with Crippen LogP contribution in [0.25, 0.3) is 0 Å². The standard InChI is InChI=1S/C38H42O10/c1-3-35(39)46-28-12-8-7-11-27-44-31-18-14-29(15-19-31)37(41)47-33-20-16-30(17-21-33)38(42)48-34-24-22-32(23-25-34)45-26-10-6-5-9-13-36(40)43-4-2/h3-4,14-25H,1-2,5-13,26-28H2. The Labute approximate surface area is 281 Å². The number of carbonyl (C=O) groups is 4. The fourth-order valence-electron chi connectivity index (χ4n) is 4.33. The molecule has 0 unspecified atom stereocenters. The number of hydrogen-bond donors (Lipinski definition) is 0. The molecule has 0 aromatic heterocycles. The highest BCUT2D eigenvalue weighted by atomic mass is 16.5. The third-order valence-corrected chi connectivity index (χ3v) is 6.90. The van der Waals surface area contributed by atoms with Gasteiger partial charge < -0.3 is 28.4 Å². The zero-order chi connectivity index (χ0) is 34.4. The first-order valence-electron chi connectivity index (χ1n) is 16.0. The Kier molecular flexibility index (Phi) is 16.5. The van der Waals surface area contributed by atoms with Crippen LogP contribution in [0.5, 0.6) is 23.0 Å². The van der Waals surface area contributed by atoms with Gasteiger partial charge in [0.05, 0.1) is 37.2 Å². The summed E-state index contributed by atoms with van der Waals surface area (Å²) in [5.74, 6) is 0.185. The summed E-state index contributed by atoms with van der Waals surface area (Å²) in [7, 11) is 0. The van der Waals surface area contributed by atoms with Gasteiger partial charge in [-0.1, -0.05) is 26.0 Å². The maximum absolute atomic E-state index is 12.6. The lowest BCUT2D eigenvalue weighted by atomic mass is 10.1. The van der Waals surface area contributed by atoms with Gasteiger partial charge in [-0.3, -0.25) is 4.79 Å². The Morgan fingerprint density at radius 2 is 0.938 bits per heavy atom. The highest BCUT2D eigenvalue weighted by Gasteiger charge is 2.12. The quantitative estimate of drug-likeness (QED) is 0.0347. The molecule has 48 heavy (non-hydrogen) atoms. The molecule has 0 fully saturated rings. The molecular formula is C38H42O10. The Morgan fingerprint density at radius 1 is 0.521 bits per heavy atom. The van der Waals surface area contributed by atoms with E-state index in [9.17, 15) is 19.2 Å². The Morgan fingerprint density at radius 3 is 1.42 bits per heavy atom. The second kappa shape index (κ2) is 21.4. The summed E-state index contributed by atoms with van der Waals surface area (Å²) in [6, 6.07) is 19.5. The normalized spacial score (nSPS) is 10.3. The smallest absolute Gasteiger partial charge is 0.343 e. The van der Waals surface area contributed by atoms with Crippen LogP contribution in [0.3, 0.4) is 0 Å². The highest BCUT2D eigenvalue weighted by molar-refractivity contribution is 5.92. The number of esters is 4. The van der Waals surface area contributed by atoms with Crippen molar-refractivity contribution in [1.29, 1.82) is 0 Å². The Hall–Kier alpha value is -5.38. The predicted molar refractivity (Wildman–Crippen MR) is 179 cm³/mol. The molecule has 0 aliphatic heterocycles. The zero-order valence-electron chi connectivity index (χ0n) is 27.1. The van der Waals surface area contributed by atoms with Crippen LogP contribution in [0.1, 0.15) is 78.5 Å². The van der Waals surface area contributed by atoms with Gasteiger partial charge in [0, 0.05) is 12.5 Å². The van der Waals surface area contributed by atoms with Crippen molar-refractivity contribution in [3.05, 3.63) is 109 Å². The molecule has 10 heteroatoms. The van der Waals surface area contributed by atoms with Crippen LogP contribution in [0.2, 0.25) is 0 Å². The molecule has 0 bridgehead atoms. The van der Waals surface area contributed by atoms with Gasteiger partial charge in [0.2, 0.25) is 0 Å². The molecule has 0 saturated heterocycles. The van der Waals surface area contributed by atoms with Crippen molar-refractivity contribution in [2.75, 3.05) is 19.8 Å². The minimum Gasteiger partial charge on any atom is -0.494 e. The van der Waals surface area contributed by atoms with Crippen LogP contribution < -0.4 is 18.9 Å². The Balaban J connectivity index is 1.32. The molecule has 254 valence electrons. The zero-order valence-corrected chi connectivity index (χ0v) is 27.1. The van der Waals surface area contributed by atoms with Crippen LogP contribution in [-0.2, 0) is 19.1 Å². The molecule has 0 N–H and O–H groups in total. The highest BCUT2D eigenvalue weighted by Crippen LogP contribution is 2.21. The van der Waals surface area contributed by atoms with E-state index in [0.717, 1.165) is 63.7 Å². The predicted octanol–water partition coefficient (Wildman–Crippen LogP) is 7.81. The van der Waals surface area contributed by atoms with Crippen LogP contribution in [0.15, 0.2) is 98.3 Å². The average Bonchev–Trinajstić information content (AvgIpc) is 3.10. The summed E-state index contributed by atoms with van der Waals surface area (Å²) in [5, 5.41) is 0. The van der Waals surface area contributed by atoms with E-state index in [4.69, 9.17) is 23.7 Å². The first-order valence-corrected chi connectivity index (χ1v) is 16.0. The summed E-state index contributed by atoms with van der Waals surface area (Å²) in [4.78, 5) is 47.5. The van der Waals surface area contributed by atoms with E-state index in [0.29, 0.717) is 54.6 Å². The molecule has 0 heterocycles. The molecule has 0 aliphatic rings. The van der Waals surface area contributed by atoms with E-state index in [-0.39, 0.29) is 11.7 Å². The lowest BCUT2D eigenvalue weighted by Crippen LogP contribution is -2.10. The van der Waals surface area contributed by atoms with Gasteiger partial charge in [0.25, 0.3) is 0 Å². The van der Waals surface area contributed by atoms with Crippen molar-refractivity contribution in [2.24, 2.45) is 0 Å². The summed E-state index contributed by atoms with van der Waals surface area (Å²) in [6.45, 7) is 8.17. The second-order valence-corrected chi connectivity index (χ2v) is 10.6. The summed E-state index contributed by atoms with van der Waals surface area (Å²) < 4.78 is 32.0. The number of carbonyl (C=O) groups excluding carboxylic acids is 4. The lowest BCUT2D eigenvalue weighted by molar-refractivity contribution is -0.138. The third-order valence-electron chi connectivity index (χ3n) is 6.90. The second-order valence-electron chi connectivity index (χ2n) is 10.6. The van der Waals surface area contributed by atoms with Crippen LogP contribution in [0, 0.1) is 0 Å². The third kappa shape index (κ3) is 14.4. The molecule has 0 radical (unpaired) electrons. The van der Waals surface area contributed by atoms with E-state index < -0.39 is 17.9 Å². The minimum absolute atomic E-state index is 0.270. The molecule has 3 rings (SSSR count). The number of ether oxygens (including phenoxy) is 6. The van der Waals surface area contributed by atoms with Crippen molar-refractivity contribution in [2.45, 2.75) is 57.8 Å². The van der Waals surface area contributed by atoms with Crippen LogP contribution in [0.4, 0.5) is 0 Å². The van der Waals surface area contributed by atoms with Crippen LogP contribution in [-0.4, -0.2) is 43.7 Å². The fourth-order valence-corrected chi connectivity index (χ4v) is 4.33. The minimum atomic E-state index is -0.553. The van der Waals surface area contributed by atoms with Gasteiger partial charge >= 0.3 is 23.9 Å². The van der Waals surface area contributed by atoms with Crippen LogP contribution >= 0.6 is 0 Å². The SMILES string of the molecule is C=COC(=O)CCCCCCOc1ccc(OC(=O)c2ccc(OC(=O)c3ccc(OCCCCCCOC(=O)C=C)cc3)cc2)cc1. The molecule has 3 aromatic rings. The van der Waals surface area contributed by atoms with E-state index in [1.165, 1.54) is 24.3 Å². The number of hydrogen-bond acceptors (Lipinski definition) is 10. The maximum Gasteiger partial charge on any atom is 0.343 e. The molecule has 0 aliphatic carbocycles. The van der Waals surface area contributed by atoms with E-state index in [1.54, 1.807) is 48.5 Å². The lowest BCUT2D eigenvalue weighted by Gasteiger charge is -2.09. The molecule has 3 aromatic carbocycles. The fraction of sp³-hybridized carbons (Fsp3) is 0.316. The van der Waals surface area contributed by atoms with Crippen molar-refractivity contribution in [1.82, 2.24) is 0 Å². The monoisotopic (exact) mass is 658 g/mol. The van der Waals surface area contributed by atoms with E-state index in [2.05, 4.69) is 17.9 Å². The molecule has 0 atom stereocenters. The van der Waals surface area contributed by atoms with Gasteiger partial charge in [0.1, 0.15) is 23.0 Å². The van der Waals surface area contributed by atoms with Gasteiger partial charge in [-0.2, -0.15) is 0 Å².